The molecule has 0 spiro atoms. The fourth-order valence-corrected chi connectivity index (χ4v) is 2.80. The second kappa shape index (κ2) is 8.98. The van der Waals surface area contributed by atoms with E-state index in [0.29, 0.717) is 30.4 Å². The quantitative estimate of drug-likeness (QED) is 0.424. The summed E-state index contributed by atoms with van der Waals surface area (Å²) in [6.07, 6.45) is 0.156. The molecule has 1 saturated heterocycles. The Balaban J connectivity index is 1.39. The molecule has 1 aliphatic heterocycles. The molecule has 0 bridgehead atoms. The van der Waals surface area contributed by atoms with Crippen molar-refractivity contribution in [2.45, 2.75) is 31.5 Å². The van der Waals surface area contributed by atoms with Crippen LogP contribution in [-0.4, -0.2) is 36.7 Å². The Labute approximate surface area is 157 Å². The Morgan fingerprint density at radius 1 is 0.926 bits per heavy atom. The topological polar surface area (TPSA) is 78.9 Å². The van der Waals surface area contributed by atoms with Crippen LogP contribution in [0.2, 0.25) is 0 Å². The van der Waals surface area contributed by atoms with Gasteiger partial charge >= 0.3 is 17.9 Å². The van der Waals surface area contributed by atoms with Crippen LogP contribution in [0.25, 0.3) is 0 Å². The molecule has 2 atom stereocenters. The van der Waals surface area contributed by atoms with E-state index in [9.17, 15) is 14.4 Å². The predicted octanol–water partition coefficient (Wildman–Crippen LogP) is 3.16. The van der Waals surface area contributed by atoms with E-state index in [2.05, 4.69) is 0 Å². The second-order valence-electron chi connectivity index (χ2n) is 6.20. The molecule has 0 N–H and O–H groups in total. The lowest BCUT2D eigenvalue weighted by atomic mass is 10.1. The lowest BCUT2D eigenvalue weighted by molar-refractivity contribution is -0.147. The van der Waals surface area contributed by atoms with Crippen molar-refractivity contribution in [2.24, 2.45) is 0 Å². The number of benzene rings is 2. The van der Waals surface area contributed by atoms with Crippen LogP contribution in [0.1, 0.15) is 40.0 Å². The number of hydrogen-bond acceptors (Lipinski definition) is 6. The molecule has 0 aliphatic carbocycles. The van der Waals surface area contributed by atoms with Gasteiger partial charge in [-0.15, -0.1) is 0 Å². The standard InChI is InChI=1S/C21H20O6/c22-19(15-8-3-1-4-9-15)25-13-7-12-17-14-18(21(24)26-17)27-20(23)16-10-5-2-6-11-16/h1-6,8-11,17-18H,7,12-14H2/t17-,18+/m1/s1. The molecule has 2 aromatic carbocycles. The molecule has 1 heterocycles. The Bertz CT molecular complexity index is 787. The molecule has 6 heteroatoms. The van der Waals surface area contributed by atoms with E-state index in [1.165, 1.54) is 0 Å². The second-order valence-corrected chi connectivity index (χ2v) is 6.20. The van der Waals surface area contributed by atoms with Crippen LogP contribution in [0.4, 0.5) is 0 Å². The average molecular weight is 368 g/mol. The van der Waals surface area contributed by atoms with Gasteiger partial charge in [0.05, 0.1) is 17.7 Å². The van der Waals surface area contributed by atoms with Gasteiger partial charge in [-0.1, -0.05) is 36.4 Å². The molecule has 1 fully saturated rings. The summed E-state index contributed by atoms with van der Waals surface area (Å²) >= 11 is 0. The molecule has 1 aliphatic rings. The fraction of sp³-hybridized carbons (Fsp3) is 0.286. The minimum atomic E-state index is -0.894. The van der Waals surface area contributed by atoms with Gasteiger partial charge in [-0.3, -0.25) is 0 Å². The Morgan fingerprint density at radius 2 is 1.52 bits per heavy atom. The van der Waals surface area contributed by atoms with E-state index >= 15 is 0 Å². The summed E-state index contributed by atoms with van der Waals surface area (Å²) in [5.74, 6) is -1.46. The average Bonchev–Trinajstić information content (AvgIpc) is 3.05. The molecular weight excluding hydrogens is 348 g/mol. The third-order valence-electron chi connectivity index (χ3n) is 4.19. The lowest BCUT2D eigenvalue weighted by Gasteiger charge is -2.09. The Morgan fingerprint density at radius 3 is 2.15 bits per heavy atom. The summed E-state index contributed by atoms with van der Waals surface area (Å²) < 4.78 is 15.7. The van der Waals surface area contributed by atoms with E-state index in [1.807, 2.05) is 6.07 Å². The minimum Gasteiger partial charge on any atom is -0.462 e. The van der Waals surface area contributed by atoms with Gasteiger partial charge in [0, 0.05) is 6.42 Å². The van der Waals surface area contributed by atoms with Gasteiger partial charge in [-0.05, 0) is 37.1 Å². The molecule has 27 heavy (non-hydrogen) atoms. The van der Waals surface area contributed by atoms with Crippen LogP contribution in [0.3, 0.4) is 0 Å². The largest absolute Gasteiger partial charge is 0.462 e. The van der Waals surface area contributed by atoms with Crippen molar-refractivity contribution in [2.75, 3.05) is 6.61 Å². The van der Waals surface area contributed by atoms with Crippen molar-refractivity contribution >= 4 is 17.9 Å². The van der Waals surface area contributed by atoms with Crippen molar-refractivity contribution in [3.8, 4) is 0 Å². The van der Waals surface area contributed by atoms with Crippen molar-refractivity contribution < 1.29 is 28.6 Å². The molecule has 140 valence electrons. The first-order valence-corrected chi connectivity index (χ1v) is 8.82. The van der Waals surface area contributed by atoms with E-state index in [1.54, 1.807) is 54.6 Å². The van der Waals surface area contributed by atoms with Gasteiger partial charge in [-0.2, -0.15) is 0 Å². The van der Waals surface area contributed by atoms with Gasteiger partial charge in [0.25, 0.3) is 0 Å². The summed E-state index contributed by atoms with van der Waals surface area (Å²) in [5, 5.41) is 0. The summed E-state index contributed by atoms with van der Waals surface area (Å²) in [7, 11) is 0. The highest BCUT2D eigenvalue weighted by Crippen LogP contribution is 2.22. The zero-order valence-electron chi connectivity index (χ0n) is 14.7. The number of hydrogen-bond donors (Lipinski definition) is 0. The van der Waals surface area contributed by atoms with E-state index in [-0.39, 0.29) is 18.7 Å². The van der Waals surface area contributed by atoms with Crippen molar-refractivity contribution in [1.29, 1.82) is 0 Å². The molecule has 2 aromatic rings. The normalized spacial score (nSPS) is 18.6. The summed E-state index contributed by atoms with van der Waals surface area (Å²) in [6, 6.07) is 17.2. The highest BCUT2D eigenvalue weighted by atomic mass is 16.6. The van der Waals surface area contributed by atoms with Crippen LogP contribution < -0.4 is 0 Å². The van der Waals surface area contributed by atoms with Crippen LogP contribution >= 0.6 is 0 Å². The molecule has 0 amide bonds. The fourth-order valence-electron chi connectivity index (χ4n) is 2.80. The van der Waals surface area contributed by atoms with E-state index < -0.39 is 18.0 Å². The SMILES string of the molecule is O=C(OCCC[C@@H]1C[C@H](OC(=O)c2ccccc2)C(=O)O1)c1ccccc1. The van der Waals surface area contributed by atoms with E-state index in [4.69, 9.17) is 14.2 Å². The maximum Gasteiger partial charge on any atom is 0.347 e. The Hall–Kier alpha value is -3.15. The third-order valence-corrected chi connectivity index (χ3v) is 4.19. The number of cyclic esters (lactones) is 1. The van der Waals surface area contributed by atoms with Gasteiger partial charge in [0.1, 0.15) is 6.10 Å². The molecule has 6 nitrogen and oxygen atoms in total. The van der Waals surface area contributed by atoms with Crippen LogP contribution in [0, 0.1) is 0 Å². The Kier molecular flexibility index (Phi) is 6.20. The minimum absolute atomic E-state index is 0.232. The van der Waals surface area contributed by atoms with Gasteiger partial charge in [0.15, 0.2) is 0 Å². The number of carbonyl (C=O) groups is 3. The number of esters is 3. The summed E-state index contributed by atoms with van der Waals surface area (Å²) in [5.41, 5.74) is 0.888. The number of carbonyl (C=O) groups excluding carboxylic acids is 3. The zero-order chi connectivity index (χ0) is 19.1. The lowest BCUT2D eigenvalue weighted by Crippen LogP contribution is -2.22. The maximum atomic E-state index is 12.0. The maximum absolute atomic E-state index is 12.0. The third kappa shape index (κ3) is 5.17. The molecule has 0 saturated carbocycles. The smallest absolute Gasteiger partial charge is 0.347 e. The molecular formula is C21H20O6. The molecule has 0 radical (unpaired) electrons. The molecule has 0 unspecified atom stereocenters. The zero-order valence-corrected chi connectivity index (χ0v) is 14.7. The first-order valence-electron chi connectivity index (χ1n) is 8.82. The van der Waals surface area contributed by atoms with Crippen molar-refractivity contribution in [1.82, 2.24) is 0 Å². The van der Waals surface area contributed by atoms with Crippen LogP contribution in [-0.2, 0) is 19.0 Å². The van der Waals surface area contributed by atoms with Crippen molar-refractivity contribution in [3.05, 3.63) is 71.8 Å². The first-order chi connectivity index (χ1) is 13.1. The van der Waals surface area contributed by atoms with E-state index in [0.717, 1.165) is 0 Å². The monoisotopic (exact) mass is 368 g/mol. The van der Waals surface area contributed by atoms with Crippen molar-refractivity contribution in [3.63, 3.8) is 0 Å². The van der Waals surface area contributed by atoms with Gasteiger partial charge < -0.3 is 14.2 Å². The molecule has 3 rings (SSSR count). The van der Waals surface area contributed by atoms with Gasteiger partial charge in [0.2, 0.25) is 6.10 Å². The highest BCUT2D eigenvalue weighted by Gasteiger charge is 2.37. The summed E-state index contributed by atoms with van der Waals surface area (Å²) in [6.45, 7) is 0.232. The number of ether oxygens (including phenoxy) is 3. The van der Waals surface area contributed by atoms with Gasteiger partial charge in [-0.25, -0.2) is 14.4 Å². The first kappa shape index (κ1) is 18.6. The number of rotatable bonds is 7. The van der Waals surface area contributed by atoms with Crippen LogP contribution in [0.15, 0.2) is 60.7 Å². The molecule has 0 aromatic heterocycles. The summed E-state index contributed by atoms with van der Waals surface area (Å²) in [4.78, 5) is 35.8. The predicted molar refractivity (Wildman–Crippen MR) is 96.1 cm³/mol. The highest BCUT2D eigenvalue weighted by molar-refractivity contribution is 5.91. The van der Waals surface area contributed by atoms with Crippen LogP contribution in [0.5, 0.6) is 0 Å².